The topological polar surface area (TPSA) is 76.7 Å². The average Bonchev–Trinajstić information content (AvgIpc) is 2.72. The van der Waals surface area contributed by atoms with Crippen molar-refractivity contribution in [3.8, 4) is 5.75 Å². The van der Waals surface area contributed by atoms with Crippen LogP contribution in [0.1, 0.15) is 69.9 Å². The Morgan fingerprint density at radius 3 is 2.50 bits per heavy atom. The molecule has 28 heavy (non-hydrogen) atoms. The number of esters is 1. The summed E-state index contributed by atoms with van der Waals surface area (Å²) in [4.78, 5) is 24.6. The lowest BCUT2D eigenvalue weighted by atomic mass is 9.93. The first-order valence-corrected chi connectivity index (χ1v) is 10.3. The van der Waals surface area contributed by atoms with Gasteiger partial charge < -0.3 is 20.1 Å². The van der Waals surface area contributed by atoms with E-state index in [0.717, 1.165) is 37.0 Å². The third-order valence-corrected chi connectivity index (χ3v) is 5.41. The number of carbonyl (C=O) groups excluding carboxylic acids is 2. The standard InChI is InChI=1S/C22H30N2O4/c1-3-4-10-18-19(21(25)27-2)20(24-22(26)23-18)15-11-13-17(14-12-15)28-16-8-6-5-7-9-16/h11-14,16,20H,3-10H2,1-2H3,(H2,23,24,26). The summed E-state index contributed by atoms with van der Waals surface area (Å²) in [6.45, 7) is 2.07. The number of nitrogens with one attached hydrogen (secondary N) is 2. The number of amides is 2. The van der Waals surface area contributed by atoms with E-state index in [9.17, 15) is 9.59 Å². The molecule has 6 nitrogen and oxygen atoms in total. The number of unbranched alkanes of at least 4 members (excludes halogenated alkanes) is 1. The van der Waals surface area contributed by atoms with Crippen molar-refractivity contribution in [3.63, 3.8) is 0 Å². The molecule has 1 saturated carbocycles. The zero-order valence-electron chi connectivity index (χ0n) is 16.8. The number of rotatable bonds is 7. The van der Waals surface area contributed by atoms with Gasteiger partial charge in [0.25, 0.3) is 0 Å². The van der Waals surface area contributed by atoms with Gasteiger partial charge in [-0.2, -0.15) is 0 Å². The Labute approximate surface area is 166 Å². The van der Waals surface area contributed by atoms with Crippen LogP contribution in [0.15, 0.2) is 35.5 Å². The molecule has 2 aliphatic rings. The van der Waals surface area contributed by atoms with E-state index >= 15 is 0 Å². The van der Waals surface area contributed by atoms with Crippen molar-refractivity contribution in [2.24, 2.45) is 0 Å². The summed E-state index contributed by atoms with van der Waals surface area (Å²) in [5.41, 5.74) is 1.95. The van der Waals surface area contributed by atoms with Crippen LogP contribution >= 0.6 is 0 Å². The first-order chi connectivity index (χ1) is 13.6. The summed E-state index contributed by atoms with van der Waals surface area (Å²) < 4.78 is 11.1. The fraction of sp³-hybridized carbons (Fsp3) is 0.545. The van der Waals surface area contributed by atoms with Gasteiger partial charge in [-0.3, -0.25) is 0 Å². The molecule has 1 aromatic carbocycles. The fourth-order valence-corrected chi connectivity index (χ4v) is 3.88. The molecular weight excluding hydrogens is 356 g/mol. The molecule has 0 radical (unpaired) electrons. The molecule has 1 heterocycles. The number of methoxy groups -OCH3 is 1. The van der Waals surface area contributed by atoms with Gasteiger partial charge in [-0.1, -0.05) is 31.9 Å². The molecule has 0 aromatic heterocycles. The molecule has 6 heteroatoms. The van der Waals surface area contributed by atoms with Gasteiger partial charge in [-0.15, -0.1) is 0 Å². The molecule has 0 spiro atoms. The van der Waals surface area contributed by atoms with E-state index in [1.807, 2.05) is 24.3 Å². The zero-order valence-corrected chi connectivity index (χ0v) is 16.8. The third-order valence-electron chi connectivity index (χ3n) is 5.41. The lowest BCUT2D eigenvalue weighted by Crippen LogP contribution is -2.45. The van der Waals surface area contributed by atoms with Gasteiger partial charge in [0.15, 0.2) is 0 Å². The number of hydrogen-bond acceptors (Lipinski definition) is 4. The molecule has 1 aliphatic heterocycles. The van der Waals surface area contributed by atoms with E-state index in [4.69, 9.17) is 9.47 Å². The Bertz CT molecular complexity index is 721. The fourth-order valence-electron chi connectivity index (χ4n) is 3.88. The van der Waals surface area contributed by atoms with Crippen molar-refractivity contribution in [2.75, 3.05) is 7.11 Å². The van der Waals surface area contributed by atoms with Gasteiger partial charge in [-0.25, -0.2) is 9.59 Å². The highest BCUT2D eigenvalue weighted by Gasteiger charge is 2.33. The van der Waals surface area contributed by atoms with Crippen LogP contribution in [0.3, 0.4) is 0 Å². The molecule has 1 aliphatic carbocycles. The second-order valence-electron chi connectivity index (χ2n) is 7.47. The van der Waals surface area contributed by atoms with Crippen LogP contribution in [-0.4, -0.2) is 25.2 Å². The minimum Gasteiger partial charge on any atom is -0.490 e. The van der Waals surface area contributed by atoms with Gasteiger partial charge in [0.05, 0.1) is 24.8 Å². The Kier molecular flexibility index (Phi) is 6.95. The third kappa shape index (κ3) is 4.86. The lowest BCUT2D eigenvalue weighted by Gasteiger charge is -2.29. The molecule has 1 unspecified atom stereocenters. The van der Waals surface area contributed by atoms with E-state index in [1.54, 1.807) is 0 Å². The highest BCUT2D eigenvalue weighted by molar-refractivity contribution is 5.95. The summed E-state index contributed by atoms with van der Waals surface area (Å²) in [5.74, 6) is 0.400. The van der Waals surface area contributed by atoms with Gasteiger partial charge in [0.2, 0.25) is 0 Å². The molecule has 1 atom stereocenters. The molecule has 1 fully saturated rings. The van der Waals surface area contributed by atoms with Crippen molar-refractivity contribution in [3.05, 3.63) is 41.1 Å². The predicted molar refractivity (Wildman–Crippen MR) is 107 cm³/mol. The van der Waals surface area contributed by atoms with Crippen LogP contribution in [0.5, 0.6) is 5.75 Å². The van der Waals surface area contributed by atoms with Crippen LogP contribution < -0.4 is 15.4 Å². The largest absolute Gasteiger partial charge is 0.490 e. The number of allylic oxidation sites excluding steroid dienone is 1. The number of ether oxygens (including phenoxy) is 2. The smallest absolute Gasteiger partial charge is 0.337 e. The van der Waals surface area contributed by atoms with Crippen LogP contribution in [-0.2, 0) is 9.53 Å². The number of carbonyl (C=O) groups is 2. The van der Waals surface area contributed by atoms with Gasteiger partial charge in [0, 0.05) is 5.70 Å². The second-order valence-corrected chi connectivity index (χ2v) is 7.47. The van der Waals surface area contributed by atoms with E-state index < -0.39 is 12.0 Å². The second kappa shape index (κ2) is 9.62. The van der Waals surface area contributed by atoms with Crippen molar-refractivity contribution >= 4 is 12.0 Å². The minimum absolute atomic E-state index is 0.282. The van der Waals surface area contributed by atoms with Crippen LogP contribution in [0, 0.1) is 0 Å². The minimum atomic E-state index is -0.531. The van der Waals surface area contributed by atoms with Gasteiger partial charge in [0.1, 0.15) is 5.75 Å². The highest BCUT2D eigenvalue weighted by atomic mass is 16.5. The number of urea groups is 1. The van der Waals surface area contributed by atoms with Crippen molar-refractivity contribution < 1.29 is 19.1 Å². The summed E-state index contributed by atoms with van der Waals surface area (Å²) in [7, 11) is 1.36. The first kappa shape index (κ1) is 20.2. The Morgan fingerprint density at radius 2 is 1.86 bits per heavy atom. The Hall–Kier alpha value is -2.50. The predicted octanol–water partition coefficient (Wildman–Crippen LogP) is 4.37. The molecule has 2 amide bonds. The first-order valence-electron chi connectivity index (χ1n) is 10.3. The summed E-state index contributed by atoms with van der Waals surface area (Å²) in [6, 6.07) is 6.82. The van der Waals surface area contributed by atoms with Crippen molar-refractivity contribution in [1.82, 2.24) is 10.6 Å². The number of hydrogen-bond donors (Lipinski definition) is 2. The molecule has 0 saturated heterocycles. The number of benzene rings is 1. The average molecular weight is 386 g/mol. The normalized spacial score (nSPS) is 20.4. The maximum absolute atomic E-state index is 12.5. The molecule has 0 bridgehead atoms. The van der Waals surface area contributed by atoms with E-state index in [-0.39, 0.29) is 12.1 Å². The van der Waals surface area contributed by atoms with Gasteiger partial charge in [-0.05, 0) is 56.2 Å². The van der Waals surface area contributed by atoms with Crippen LogP contribution in [0.25, 0.3) is 0 Å². The van der Waals surface area contributed by atoms with Crippen molar-refractivity contribution in [2.45, 2.75) is 70.4 Å². The van der Waals surface area contributed by atoms with Crippen molar-refractivity contribution in [1.29, 1.82) is 0 Å². The molecule has 152 valence electrons. The highest BCUT2D eigenvalue weighted by Crippen LogP contribution is 2.31. The molecule has 2 N–H and O–H groups in total. The van der Waals surface area contributed by atoms with E-state index in [2.05, 4.69) is 17.6 Å². The summed E-state index contributed by atoms with van der Waals surface area (Å²) >= 11 is 0. The quantitative estimate of drug-likeness (QED) is 0.682. The molecule has 1 aromatic rings. The summed E-state index contributed by atoms with van der Waals surface area (Å²) in [5, 5.41) is 5.64. The van der Waals surface area contributed by atoms with Crippen LogP contribution in [0.4, 0.5) is 4.79 Å². The SMILES string of the molecule is CCCCC1=C(C(=O)OC)C(c2ccc(OC3CCCCC3)cc2)NC(=O)N1. The Balaban J connectivity index is 1.82. The van der Waals surface area contributed by atoms with E-state index in [1.165, 1.54) is 26.4 Å². The maximum Gasteiger partial charge on any atom is 0.337 e. The lowest BCUT2D eigenvalue weighted by molar-refractivity contribution is -0.136. The molecular formula is C22H30N2O4. The van der Waals surface area contributed by atoms with E-state index in [0.29, 0.717) is 17.7 Å². The Morgan fingerprint density at radius 1 is 1.14 bits per heavy atom. The van der Waals surface area contributed by atoms with Crippen LogP contribution in [0.2, 0.25) is 0 Å². The monoisotopic (exact) mass is 386 g/mol. The van der Waals surface area contributed by atoms with Gasteiger partial charge >= 0.3 is 12.0 Å². The maximum atomic E-state index is 12.5. The summed E-state index contributed by atoms with van der Waals surface area (Å²) in [6.07, 6.45) is 8.70. The molecule has 3 rings (SSSR count). The zero-order chi connectivity index (χ0) is 19.9.